The van der Waals surface area contributed by atoms with E-state index >= 15 is 0 Å². The smallest absolute Gasteiger partial charge is 0.119 e. The van der Waals surface area contributed by atoms with Crippen molar-refractivity contribution in [3.63, 3.8) is 0 Å². The van der Waals surface area contributed by atoms with Gasteiger partial charge in [0.25, 0.3) is 0 Å². The lowest BCUT2D eigenvalue weighted by molar-refractivity contribution is 0.271. The van der Waals surface area contributed by atoms with Crippen LogP contribution in [0.5, 0.6) is 5.75 Å². The van der Waals surface area contributed by atoms with Gasteiger partial charge in [-0.3, -0.25) is 0 Å². The van der Waals surface area contributed by atoms with Crippen LogP contribution in [0.1, 0.15) is 31.7 Å². The molecule has 2 aliphatic rings. The second-order valence-corrected chi connectivity index (χ2v) is 5.90. The van der Waals surface area contributed by atoms with Crippen molar-refractivity contribution in [1.82, 2.24) is 5.32 Å². The van der Waals surface area contributed by atoms with Crippen LogP contribution in [0.15, 0.2) is 24.3 Å². The average molecular weight is 245 g/mol. The van der Waals surface area contributed by atoms with E-state index < -0.39 is 0 Å². The molecule has 1 saturated carbocycles. The summed E-state index contributed by atoms with van der Waals surface area (Å²) in [6, 6.07) is 8.69. The molecule has 1 aromatic carbocycles. The van der Waals surface area contributed by atoms with Crippen LogP contribution in [-0.4, -0.2) is 19.2 Å². The van der Waals surface area contributed by atoms with Crippen molar-refractivity contribution in [2.75, 3.05) is 13.1 Å². The van der Waals surface area contributed by atoms with Gasteiger partial charge in [0.1, 0.15) is 5.75 Å². The molecule has 1 aliphatic carbocycles. The van der Waals surface area contributed by atoms with Crippen LogP contribution in [0.25, 0.3) is 0 Å². The molecule has 0 radical (unpaired) electrons. The normalized spacial score (nSPS) is 28.1. The molecule has 1 heterocycles. The Morgan fingerprint density at radius 1 is 1.28 bits per heavy atom. The first-order valence-electron chi connectivity index (χ1n) is 7.27. The monoisotopic (exact) mass is 245 g/mol. The van der Waals surface area contributed by atoms with E-state index in [9.17, 15) is 0 Å². The predicted molar refractivity (Wildman–Crippen MR) is 73.9 cm³/mol. The minimum atomic E-state index is 0.496. The van der Waals surface area contributed by atoms with E-state index in [4.69, 9.17) is 4.74 Å². The number of hydrogen-bond donors (Lipinski definition) is 1. The fourth-order valence-corrected chi connectivity index (χ4v) is 2.75. The Hall–Kier alpha value is -1.02. The molecule has 1 saturated heterocycles. The van der Waals surface area contributed by atoms with Gasteiger partial charge in [-0.25, -0.2) is 0 Å². The Balaban J connectivity index is 1.63. The average Bonchev–Trinajstić information content (AvgIpc) is 3.17. The summed E-state index contributed by atoms with van der Waals surface area (Å²) in [5, 5.41) is 3.51. The first-order valence-corrected chi connectivity index (χ1v) is 7.27. The quantitative estimate of drug-likeness (QED) is 0.880. The highest BCUT2D eigenvalue weighted by molar-refractivity contribution is 5.29. The van der Waals surface area contributed by atoms with Gasteiger partial charge in [0, 0.05) is 0 Å². The van der Waals surface area contributed by atoms with Crippen molar-refractivity contribution in [3.8, 4) is 5.75 Å². The lowest BCUT2D eigenvalue weighted by atomic mass is 9.83. The fourth-order valence-electron chi connectivity index (χ4n) is 2.75. The number of benzene rings is 1. The van der Waals surface area contributed by atoms with Gasteiger partial charge in [0.2, 0.25) is 0 Å². The number of piperidine rings is 1. The number of ether oxygens (including phenoxy) is 1. The molecule has 18 heavy (non-hydrogen) atoms. The third-order valence-corrected chi connectivity index (χ3v) is 4.21. The van der Waals surface area contributed by atoms with Crippen molar-refractivity contribution in [3.05, 3.63) is 29.8 Å². The standard InChI is InChI=1S/C16H23NO/c1-12-7-8-17-11-14(12)9-13-3-2-4-16(10-13)18-15-5-6-15/h2-4,10,12,14-15,17H,5-9,11H2,1H3. The highest BCUT2D eigenvalue weighted by Gasteiger charge is 2.24. The van der Waals surface area contributed by atoms with E-state index in [0.29, 0.717) is 6.10 Å². The Morgan fingerprint density at radius 3 is 2.94 bits per heavy atom. The van der Waals surface area contributed by atoms with Crippen LogP contribution in [0.3, 0.4) is 0 Å². The topological polar surface area (TPSA) is 21.3 Å². The lowest BCUT2D eigenvalue weighted by Gasteiger charge is -2.29. The molecule has 0 aromatic heterocycles. The lowest BCUT2D eigenvalue weighted by Crippen LogP contribution is -2.36. The van der Waals surface area contributed by atoms with Gasteiger partial charge in [-0.15, -0.1) is 0 Å². The van der Waals surface area contributed by atoms with E-state index in [0.717, 1.165) is 24.1 Å². The molecule has 3 rings (SSSR count). The molecule has 98 valence electrons. The van der Waals surface area contributed by atoms with Gasteiger partial charge in [-0.05, 0) is 68.3 Å². The van der Waals surface area contributed by atoms with E-state index in [2.05, 4.69) is 36.5 Å². The number of nitrogens with one attached hydrogen (secondary N) is 1. The summed E-state index contributed by atoms with van der Waals surface area (Å²) in [5.74, 6) is 2.67. The van der Waals surface area contributed by atoms with Crippen LogP contribution in [0.4, 0.5) is 0 Å². The SMILES string of the molecule is CC1CCNCC1Cc1cccc(OC2CC2)c1. The zero-order chi connectivity index (χ0) is 12.4. The highest BCUT2D eigenvalue weighted by atomic mass is 16.5. The molecule has 2 atom stereocenters. The van der Waals surface area contributed by atoms with Crippen molar-refractivity contribution >= 4 is 0 Å². The van der Waals surface area contributed by atoms with Gasteiger partial charge in [0.05, 0.1) is 6.10 Å². The second kappa shape index (κ2) is 5.31. The van der Waals surface area contributed by atoms with Crippen LogP contribution >= 0.6 is 0 Å². The summed E-state index contributed by atoms with van der Waals surface area (Å²) in [4.78, 5) is 0. The minimum absolute atomic E-state index is 0.496. The Morgan fingerprint density at radius 2 is 2.17 bits per heavy atom. The molecule has 1 aromatic rings. The number of hydrogen-bond acceptors (Lipinski definition) is 2. The second-order valence-electron chi connectivity index (χ2n) is 5.90. The molecule has 2 nitrogen and oxygen atoms in total. The summed E-state index contributed by atoms with van der Waals surface area (Å²) < 4.78 is 5.87. The molecule has 2 fully saturated rings. The molecule has 2 heteroatoms. The molecular weight excluding hydrogens is 222 g/mol. The maximum absolute atomic E-state index is 5.87. The maximum atomic E-state index is 5.87. The molecule has 2 unspecified atom stereocenters. The van der Waals surface area contributed by atoms with Crippen LogP contribution in [0.2, 0.25) is 0 Å². The number of rotatable bonds is 4. The van der Waals surface area contributed by atoms with Crippen LogP contribution in [0, 0.1) is 11.8 Å². The summed E-state index contributed by atoms with van der Waals surface area (Å²) in [6.07, 6.45) is 5.44. The van der Waals surface area contributed by atoms with Crippen LogP contribution < -0.4 is 10.1 Å². The molecule has 0 spiro atoms. The Labute approximate surface area is 110 Å². The Kier molecular flexibility index (Phi) is 3.55. The third kappa shape index (κ3) is 3.05. The maximum Gasteiger partial charge on any atom is 0.119 e. The third-order valence-electron chi connectivity index (χ3n) is 4.21. The zero-order valence-corrected chi connectivity index (χ0v) is 11.2. The van der Waals surface area contributed by atoms with Crippen molar-refractivity contribution in [1.29, 1.82) is 0 Å². The first kappa shape index (κ1) is 12.0. The summed E-state index contributed by atoms with van der Waals surface area (Å²) in [7, 11) is 0. The van der Waals surface area contributed by atoms with Gasteiger partial charge >= 0.3 is 0 Å². The molecule has 0 bridgehead atoms. The van der Waals surface area contributed by atoms with Crippen LogP contribution in [-0.2, 0) is 6.42 Å². The highest BCUT2D eigenvalue weighted by Crippen LogP contribution is 2.28. The van der Waals surface area contributed by atoms with Crippen molar-refractivity contribution in [2.45, 2.75) is 38.7 Å². The summed E-state index contributed by atoms with van der Waals surface area (Å²) in [6.45, 7) is 4.73. The van der Waals surface area contributed by atoms with Gasteiger partial charge in [-0.1, -0.05) is 19.1 Å². The van der Waals surface area contributed by atoms with Crippen molar-refractivity contribution < 1.29 is 4.74 Å². The summed E-state index contributed by atoms with van der Waals surface area (Å²) >= 11 is 0. The molecule has 0 amide bonds. The first-order chi connectivity index (χ1) is 8.81. The van der Waals surface area contributed by atoms with Gasteiger partial charge in [-0.2, -0.15) is 0 Å². The van der Waals surface area contributed by atoms with E-state index in [1.54, 1.807) is 0 Å². The minimum Gasteiger partial charge on any atom is -0.490 e. The molecular formula is C16H23NO. The van der Waals surface area contributed by atoms with E-state index in [1.807, 2.05) is 0 Å². The predicted octanol–water partition coefficient (Wildman–Crippen LogP) is 3.02. The van der Waals surface area contributed by atoms with E-state index in [-0.39, 0.29) is 0 Å². The zero-order valence-electron chi connectivity index (χ0n) is 11.2. The van der Waals surface area contributed by atoms with Gasteiger partial charge in [0.15, 0.2) is 0 Å². The fraction of sp³-hybridized carbons (Fsp3) is 0.625. The molecule has 1 aliphatic heterocycles. The summed E-state index contributed by atoms with van der Waals surface area (Å²) in [5.41, 5.74) is 1.42. The molecule has 1 N–H and O–H groups in total. The van der Waals surface area contributed by atoms with Crippen molar-refractivity contribution in [2.24, 2.45) is 11.8 Å². The largest absolute Gasteiger partial charge is 0.490 e. The van der Waals surface area contributed by atoms with E-state index in [1.165, 1.54) is 37.8 Å². The van der Waals surface area contributed by atoms with Gasteiger partial charge < -0.3 is 10.1 Å². The Bertz CT molecular complexity index is 400.